The molecule has 0 amide bonds. The average molecular weight is 141 g/mol. The van der Waals surface area contributed by atoms with Crippen LogP contribution in [0.2, 0.25) is 0 Å². The van der Waals surface area contributed by atoms with E-state index in [1.54, 1.807) is 0 Å². The Kier molecular flexibility index (Phi) is 3.20. The minimum Gasteiger partial charge on any atom is -0.314 e. The standard InChI is InChI=1S/C9H19N/c1-8(2)6-7-10-9-4-3-5-9/h8-10H,3-7H2,1-2H3. The summed E-state index contributed by atoms with van der Waals surface area (Å²) in [7, 11) is 0. The average Bonchev–Trinajstić information content (AvgIpc) is 1.75. The molecule has 0 spiro atoms. The van der Waals surface area contributed by atoms with Crippen LogP contribution in [-0.4, -0.2) is 12.6 Å². The van der Waals surface area contributed by atoms with Crippen molar-refractivity contribution >= 4 is 0 Å². The zero-order chi connectivity index (χ0) is 7.40. The van der Waals surface area contributed by atoms with E-state index in [1.807, 2.05) is 0 Å². The second kappa shape index (κ2) is 3.97. The van der Waals surface area contributed by atoms with Crippen molar-refractivity contribution in [1.29, 1.82) is 0 Å². The highest BCUT2D eigenvalue weighted by Gasteiger charge is 2.15. The minimum absolute atomic E-state index is 0.854. The fourth-order valence-corrected chi connectivity index (χ4v) is 1.19. The van der Waals surface area contributed by atoms with Crippen LogP contribution in [0.3, 0.4) is 0 Å². The third kappa shape index (κ3) is 2.70. The molecular weight excluding hydrogens is 122 g/mol. The molecule has 60 valence electrons. The predicted molar refractivity (Wildman–Crippen MR) is 45.1 cm³/mol. The maximum Gasteiger partial charge on any atom is 0.00670 e. The first-order valence-electron chi connectivity index (χ1n) is 4.52. The van der Waals surface area contributed by atoms with E-state index < -0.39 is 0 Å². The second-order valence-corrected chi connectivity index (χ2v) is 3.76. The fourth-order valence-electron chi connectivity index (χ4n) is 1.19. The van der Waals surface area contributed by atoms with E-state index in [0.717, 1.165) is 12.0 Å². The highest BCUT2D eigenvalue weighted by atomic mass is 14.9. The minimum atomic E-state index is 0.854. The molecule has 1 heteroatoms. The summed E-state index contributed by atoms with van der Waals surface area (Å²) in [6, 6.07) is 0.874. The Morgan fingerprint density at radius 1 is 1.40 bits per heavy atom. The third-order valence-corrected chi connectivity index (χ3v) is 2.26. The topological polar surface area (TPSA) is 12.0 Å². The van der Waals surface area contributed by atoms with Crippen LogP contribution in [0.25, 0.3) is 0 Å². The Balaban J connectivity index is 1.85. The number of nitrogens with one attached hydrogen (secondary N) is 1. The van der Waals surface area contributed by atoms with Crippen molar-refractivity contribution in [2.24, 2.45) is 5.92 Å². The zero-order valence-electron chi connectivity index (χ0n) is 7.19. The van der Waals surface area contributed by atoms with Gasteiger partial charge in [0.1, 0.15) is 0 Å². The van der Waals surface area contributed by atoms with Gasteiger partial charge in [0.15, 0.2) is 0 Å². The molecule has 1 fully saturated rings. The number of rotatable bonds is 4. The summed E-state index contributed by atoms with van der Waals surface area (Å²) >= 11 is 0. The molecule has 1 aliphatic carbocycles. The van der Waals surface area contributed by atoms with Crippen molar-refractivity contribution in [1.82, 2.24) is 5.32 Å². The van der Waals surface area contributed by atoms with Gasteiger partial charge in [-0.05, 0) is 31.7 Å². The van der Waals surface area contributed by atoms with Gasteiger partial charge in [0.25, 0.3) is 0 Å². The molecule has 0 radical (unpaired) electrons. The van der Waals surface area contributed by atoms with Gasteiger partial charge in [-0.15, -0.1) is 0 Å². The second-order valence-electron chi connectivity index (χ2n) is 3.76. The molecule has 0 unspecified atom stereocenters. The van der Waals surface area contributed by atoms with E-state index >= 15 is 0 Å². The number of hydrogen-bond donors (Lipinski definition) is 1. The van der Waals surface area contributed by atoms with Crippen LogP contribution in [0.4, 0.5) is 0 Å². The van der Waals surface area contributed by atoms with Gasteiger partial charge in [-0.25, -0.2) is 0 Å². The lowest BCUT2D eigenvalue weighted by Crippen LogP contribution is -2.35. The molecule has 0 bridgehead atoms. The monoisotopic (exact) mass is 141 g/mol. The van der Waals surface area contributed by atoms with Gasteiger partial charge in [0, 0.05) is 6.04 Å². The van der Waals surface area contributed by atoms with E-state index in [0.29, 0.717) is 0 Å². The lowest BCUT2D eigenvalue weighted by Gasteiger charge is -2.26. The molecule has 0 aromatic rings. The SMILES string of the molecule is CC(C)CCNC1CCC1. The first-order chi connectivity index (χ1) is 4.79. The van der Waals surface area contributed by atoms with Crippen LogP contribution in [0, 0.1) is 5.92 Å². The van der Waals surface area contributed by atoms with E-state index in [4.69, 9.17) is 0 Å². The van der Waals surface area contributed by atoms with Crippen LogP contribution in [-0.2, 0) is 0 Å². The molecule has 0 saturated heterocycles. The van der Waals surface area contributed by atoms with Gasteiger partial charge in [-0.3, -0.25) is 0 Å². The summed E-state index contributed by atoms with van der Waals surface area (Å²) in [6.07, 6.45) is 5.60. The Hall–Kier alpha value is -0.0400. The van der Waals surface area contributed by atoms with E-state index in [9.17, 15) is 0 Å². The van der Waals surface area contributed by atoms with Crippen molar-refractivity contribution in [3.05, 3.63) is 0 Å². The molecular formula is C9H19N. The first kappa shape index (κ1) is 8.06. The number of hydrogen-bond acceptors (Lipinski definition) is 1. The van der Waals surface area contributed by atoms with Crippen LogP contribution < -0.4 is 5.32 Å². The normalized spacial score (nSPS) is 19.5. The summed E-state index contributed by atoms with van der Waals surface area (Å²) in [5.74, 6) is 0.854. The van der Waals surface area contributed by atoms with Crippen LogP contribution in [0.1, 0.15) is 39.5 Å². The van der Waals surface area contributed by atoms with Crippen molar-refractivity contribution in [3.8, 4) is 0 Å². The zero-order valence-corrected chi connectivity index (χ0v) is 7.19. The van der Waals surface area contributed by atoms with Crippen LogP contribution in [0.15, 0.2) is 0 Å². The van der Waals surface area contributed by atoms with Crippen molar-refractivity contribution in [2.75, 3.05) is 6.54 Å². The first-order valence-corrected chi connectivity index (χ1v) is 4.52. The van der Waals surface area contributed by atoms with Gasteiger partial charge >= 0.3 is 0 Å². The Morgan fingerprint density at radius 3 is 2.50 bits per heavy atom. The molecule has 1 rings (SSSR count). The summed E-state index contributed by atoms with van der Waals surface area (Å²) in [4.78, 5) is 0. The Bertz CT molecular complexity index is 84.7. The summed E-state index contributed by atoms with van der Waals surface area (Å²) in [6.45, 7) is 5.78. The largest absolute Gasteiger partial charge is 0.314 e. The summed E-state index contributed by atoms with van der Waals surface area (Å²) < 4.78 is 0. The van der Waals surface area contributed by atoms with Crippen LogP contribution >= 0.6 is 0 Å². The molecule has 0 heterocycles. The molecule has 1 aliphatic rings. The van der Waals surface area contributed by atoms with E-state index in [1.165, 1.54) is 32.2 Å². The highest BCUT2D eigenvalue weighted by molar-refractivity contribution is 4.75. The molecule has 1 saturated carbocycles. The molecule has 0 atom stereocenters. The molecule has 0 aliphatic heterocycles. The van der Waals surface area contributed by atoms with Crippen molar-refractivity contribution in [3.63, 3.8) is 0 Å². The molecule has 0 aromatic carbocycles. The smallest absolute Gasteiger partial charge is 0.00670 e. The van der Waals surface area contributed by atoms with Gasteiger partial charge < -0.3 is 5.32 Å². The molecule has 1 nitrogen and oxygen atoms in total. The van der Waals surface area contributed by atoms with E-state index in [-0.39, 0.29) is 0 Å². The third-order valence-electron chi connectivity index (χ3n) is 2.26. The van der Waals surface area contributed by atoms with E-state index in [2.05, 4.69) is 19.2 Å². The van der Waals surface area contributed by atoms with Crippen LogP contribution in [0.5, 0.6) is 0 Å². The van der Waals surface area contributed by atoms with Gasteiger partial charge in [-0.1, -0.05) is 20.3 Å². The Morgan fingerprint density at radius 2 is 2.10 bits per heavy atom. The molecule has 10 heavy (non-hydrogen) atoms. The molecule has 1 N–H and O–H groups in total. The summed E-state index contributed by atoms with van der Waals surface area (Å²) in [5.41, 5.74) is 0. The summed E-state index contributed by atoms with van der Waals surface area (Å²) in [5, 5.41) is 3.55. The van der Waals surface area contributed by atoms with Gasteiger partial charge in [-0.2, -0.15) is 0 Å². The quantitative estimate of drug-likeness (QED) is 0.632. The lowest BCUT2D eigenvalue weighted by molar-refractivity contribution is 0.331. The van der Waals surface area contributed by atoms with Crippen molar-refractivity contribution < 1.29 is 0 Å². The molecule has 0 aromatic heterocycles. The maximum atomic E-state index is 3.55. The maximum absolute atomic E-state index is 3.55. The highest BCUT2D eigenvalue weighted by Crippen LogP contribution is 2.17. The van der Waals surface area contributed by atoms with Gasteiger partial charge in [0.05, 0.1) is 0 Å². The lowest BCUT2D eigenvalue weighted by atomic mass is 9.93. The van der Waals surface area contributed by atoms with Gasteiger partial charge in [0.2, 0.25) is 0 Å². The predicted octanol–water partition coefficient (Wildman–Crippen LogP) is 2.17. The fraction of sp³-hybridized carbons (Fsp3) is 1.00. The van der Waals surface area contributed by atoms with Crippen molar-refractivity contribution in [2.45, 2.75) is 45.6 Å². The Labute approximate surface area is 64.2 Å².